The normalized spacial score (nSPS) is 27.2. The number of nitrogens with zero attached hydrogens (tertiary/aromatic N) is 1. The molecule has 1 aromatic carbocycles. The molecule has 1 saturated heterocycles. The van der Waals surface area contributed by atoms with E-state index in [1.54, 1.807) is 0 Å². The number of carbonyl (C=O) groups is 1. The molecule has 1 aliphatic heterocycles. The van der Waals surface area contributed by atoms with E-state index in [1.807, 2.05) is 31.2 Å². The Morgan fingerprint density at radius 2 is 1.96 bits per heavy atom. The van der Waals surface area contributed by atoms with Crippen LogP contribution < -0.4 is 10.6 Å². The molecule has 132 valence electrons. The van der Waals surface area contributed by atoms with Crippen LogP contribution in [0.15, 0.2) is 24.3 Å². The summed E-state index contributed by atoms with van der Waals surface area (Å²) in [6.07, 6.45) is 7.70. The first-order valence-electron chi connectivity index (χ1n) is 9.45. The summed E-state index contributed by atoms with van der Waals surface area (Å²) in [7, 11) is 0. The molecule has 4 nitrogen and oxygen atoms in total. The molecule has 0 aromatic heterocycles. The Balaban J connectivity index is 1.54. The minimum Gasteiger partial charge on any atom is -0.462 e. The van der Waals surface area contributed by atoms with Crippen molar-refractivity contribution in [2.24, 2.45) is 17.6 Å². The molecule has 0 radical (unpaired) electrons. The topological polar surface area (TPSA) is 55.6 Å². The predicted molar refractivity (Wildman–Crippen MR) is 97.3 cm³/mol. The fourth-order valence-electron chi connectivity index (χ4n) is 4.24. The second kappa shape index (κ2) is 8.02. The molecule has 1 unspecified atom stereocenters. The highest BCUT2D eigenvalue weighted by atomic mass is 16.5. The second-order valence-corrected chi connectivity index (χ2v) is 7.31. The van der Waals surface area contributed by atoms with Crippen LogP contribution in [0.5, 0.6) is 0 Å². The van der Waals surface area contributed by atoms with Gasteiger partial charge >= 0.3 is 5.97 Å². The fourth-order valence-corrected chi connectivity index (χ4v) is 4.24. The number of anilines is 1. The third-order valence-corrected chi connectivity index (χ3v) is 5.63. The van der Waals surface area contributed by atoms with E-state index in [9.17, 15) is 4.79 Å². The molecule has 0 bridgehead atoms. The van der Waals surface area contributed by atoms with Gasteiger partial charge in [0.25, 0.3) is 0 Å². The molecule has 24 heavy (non-hydrogen) atoms. The molecule has 1 saturated carbocycles. The molecule has 4 heteroatoms. The average Bonchev–Trinajstić information content (AvgIpc) is 3.06. The minimum atomic E-state index is -0.241. The SMILES string of the molecule is CCOC(=O)c1ccc(N2CCC(C[C@@H]3CCCC[C@H]3N)C2)cc1. The summed E-state index contributed by atoms with van der Waals surface area (Å²) >= 11 is 0. The van der Waals surface area contributed by atoms with Gasteiger partial charge in [-0.1, -0.05) is 12.8 Å². The second-order valence-electron chi connectivity index (χ2n) is 7.31. The first-order valence-corrected chi connectivity index (χ1v) is 9.45. The van der Waals surface area contributed by atoms with E-state index in [-0.39, 0.29) is 5.97 Å². The smallest absolute Gasteiger partial charge is 0.338 e. The third kappa shape index (κ3) is 4.10. The van der Waals surface area contributed by atoms with Crippen molar-refractivity contribution in [3.8, 4) is 0 Å². The van der Waals surface area contributed by atoms with E-state index in [0.29, 0.717) is 18.2 Å². The average molecular weight is 330 g/mol. The Morgan fingerprint density at radius 1 is 1.21 bits per heavy atom. The van der Waals surface area contributed by atoms with E-state index in [1.165, 1.54) is 44.2 Å². The van der Waals surface area contributed by atoms with Crippen LogP contribution in [0.2, 0.25) is 0 Å². The van der Waals surface area contributed by atoms with Gasteiger partial charge in [-0.15, -0.1) is 0 Å². The van der Waals surface area contributed by atoms with Crippen LogP contribution in [-0.2, 0) is 4.74 Å². The molecule has 1 aromatic rings. The van der Waals surface area contributed by atoms with Crippen molar-refractivity contribution in [3.05, 3.63) is 29.8 Å². The monoisotopic (exact) mass is 330 g/mol. The Kier molecular flexibility index (Phi) is 5.77. The van der Waals surface area contributed by atoms with Gasteiger partial charge in [0.2, 0.25) is 0 Å². The van der Waals surface area contributed by atoms with Gasteiger partial charge in [-0.2, -0.15) is 0 Å². The van der Waals surface area contributed by atoms with Gasteiger partial charge in [-0.05, 0) is 68.7 Å². The van der Waals surface area contributed by atoms with Gasteiger partial charge in [-0.3, -0.25) is 0 Å². The van der Waals surface area contributed by atoms with Crippen molar-refractivity contribution in [3.63, 3.8) is 0 Å². The summed E-state index contributed by atoms with van der Waals surface area (Å²) in [4.78, 5) is 14.2. The van der Waals surface area contributed by atoms with Crippen LogP contribution in [0, 0.1) is 11.8 Å². The standard InChI is InChI=1S/C20H30N2O2/c1-2-24-20(23)16-7-9-18(10-8-16)22-12-11-15(14-22)13-17-5-3-4-6-19(17)21/h7-10,15,17,19H,2-6,11-14,21H2,1H3/t15?,17-,19+/m0/s1. The van der Waals surface area contributed by atoms with Crippen LogP contribution in [-0.4, -0.2) is 31.7 Å². The number of carbonyl (C=O) groups excluding carboxylic acids is 1. The lowest BCUT2D eigenvalue weighted by molar-refractivity contribution is 0.0526. The lowest BCUT2D eigenvalue weighted by Gasteiger charge is -2.30. The molecule has 0 spiro atoms. The van der Waals surface area contributed by atoms with Crippen LogP contribution in [0.1, 0.15) is 55.8 Å². The molecule has 1 aliphatic carbocycles. The lowest BCUT2D eigenvalue weighted by Crippen LogP contribution is -2.34. The molecular formula is C20H30N2O2. The Morgan fingerprint density at radius 3 is 2.67 bits per heavy atom. The molecular weight excluding hydrogens is 300 g/mol. The third-order valence-electron chi connectivity index (χ3n) is 5.63. The van der Waals surface area contributed by atoms with E-state index in [0.717, 1.165) is 24.9 Å². The van der Waals surface area contributed by atoms with Gasteiger partial charge in [0.05, 0.1) is 12.2 Å². The fraction of sp³-hybridized carbons (Fsp3) is 0.650. The number of hydrogen-bond acceptors (Lipinski definition) is 4. The summed E-state index contributed by atoms with van der Waals surface area (Å²) in [6, 6.07) is 8.24. The highest BCUT2D eigenvalue weighted by Gasteiger charge is 2.29. The Bertz CT molecular complexity index is 543. The molecule has 3 rings (SSSR count). The van der Waals surface area contributed by atoms with Crippen molar-refractivity contribution in [2.45, 2.75) is 51.5 Å². The maximum Gasteiger partial charge on any atom is 0.338 e. The summed E-state index contributed by atoms with van der Waals surface area (Å²) < 4.78 is 5.04. The van der Waals surface area contributed by atoms with Crippen LogP contribution >= 0.6 is 0 Å². The van der Waals surface area contributed by atoms with Crippen molar-refractivity contribution in [1.82, 2.24) is 0 Å². The zero-order valence-electron chi connectivity index (χ0n) is 14.7. The zero-order chi connectivity index (χ0) is 16.9. The lowest BCUT2D eigenvalue weighted by atomic mass is 9.79. The molecule has 0 amide bonds. The molecule has 2 fully saturated rings. The first-order chi connectivity index (χ1) is 11.7. The molecule has 2 aliphatic rings. The van der Waals surface area contributed by atoms with Gasteiger partial charge in [0.1, 0.15) is 0 Å². The maximum absolute atomic E-state index is 11.7. The number of nitrogens with two attached hydrogens (primary N) is 1. The maximum atomic E-state index is 11.7. The number of benzene rings is 1. The molecule has 3 atom stereocenters. The highest BCUT2D eigenvalue weighted by Crippen LogP contribution is 2.33. The van der Waals surface area contributed by atoms with Gasteiger partial charge in [-0.25, -0.2) is 4.79 Å². The highest BCUT2D eigenvalue weighted by molar-refractivity contribution is 5.89. The van der Waals surface area contributed by atoms with Gasteiger partial charge in [0, 0.05) is 24.8 Å². The quantitative estimate of drug-likeness (QED) is 0.838. The molecule has 1 heterocycles. The van der Waals surface area contributed by atoms with E-state index in [4.69, 9.17) is 10.5 Å². The van der Waals surface area contributed by atoms with Gasteiger partial charge in [0.15, 0.2) is 0 Å². The zero-order valence-corrected chi connectivity index (χ0v) is 14.7. The summed E-state index contributed by atoms with van der Waals surface area (Å²) in [5, 5.41) is 0. The predicted octanol–water partition coefficient (Wildman–Crippen LogP) is 3.60. The van der Waals surface area contributed by atoms with E-state index >= 15 is 0 Å². The molecule has 2 N–H and O–H groups in total. The summed E-state index contributed by atoms with van der Waals surface area (Å²) in [5.74, 6) is 1.23. The van der Waals surface area contributed by atoms with E-state index < -0.39 is 0 Å². The van der Waals surface area contributed by atoms with Crippen molar-refractivity contribution in [2.75, 3.05) is 24.6 Å². The number of esters is 1. The number of hydrogen-bond donors (Lipinski definition) is 1. The van der Waals surface area contributed by atoms with E-state index in [2.05, 4.69) is 4.90 Å². The summed E-state index contributed by atoms with van der Waals surface area (Å²) in [5.41, 5.74) is 8.15. The Hall–Kier alpha value is -1.55. The van der Waals surface area contributed by atoms with Crippen molar-refractivity contribution in [1.29, 1.82) is 0 Å². The van der Waals surface area contributed by atoms with Gasteiger partial charge < -0.3 is 15.4 Å². The van der Waals surface area contributed by atoms with Crippen molar-refractivity contribution < 1.29 is 9.53 Å². The summed E-state index contributed by atoms with van der Waals surface area (Å²) in [6.45, 7) is 4.46. The van der Waals surface area contributed by atoms with Crippen LogP contribution in [0.3, 0.4) is 0 Å². The van der Waals surface area contributed by atoms with Crippen LogP contribution in [0.4, 0.5) is 5.69 Å². The number of ether oxygens (including phenoxy) is 1. The number of rotatable bonds is 5. The Labute approximate surface area is 145 Å². The van der Waals surface area contributed by atoms with Crippen LogP contribution in [0.25, 0.3) is 0 Å². The minimum absolute atomic E-state index is 0.241. The van der Waals surface area contributed by atoms with Crippen molar-refractivity contribution >= 4 is 11.7 Å². The first kappa shape index (κ1) is 17.3. The largest absolute Gasteiger partial charge is 0.462 e.